The summed E-state index contributed by atoms with van der Waals surface area (Å²) < 4.78 is 5.74. The van der Waals surface area contributed by atoms with E-state index in [0.717, 1.165) is 25.7 Å². The Labute approximate surface area is 127 Å². The van der Waals surface area contributed by atoms with Gasteiger partial charge in [0.1, 0.15) is 6.10 Å². The standard InChI is InChI=1S/C18H27NO2/c1-13(2)10-14(12-19)11-18(20)21-17-9-5-7-15-6-3-4-8-16(15)17/h3-4,6,8,13-14,17H,5,7,9-12,19H2,1-2H3/t14-,17?/m0/s1. The van der Waals surface area contributed by atoms with Gasteiger partial charge in [0.15, 0.2) is 0 Å². The molecule has 116 valence electrons. The molecule has 0 aliphatic heterocycles. The van der Waals surface area contributed by atoms with Crippen LogP contribution in [0.4, 0.5) is 0 Å². The van der Waals surface area contributed by atoms with Crippen molar-refractivity contribution in [1.29, 1.82) is 0 Å². The van der Waals surface area contributed by atoms with E-state index >= 15 is 0 Å². The van der Waals surface area contributed by atoms with Crippen molar-refractivity contribution in [2.45, 2.75) is 52.1 Å². The number of hydrogen-bond donors (Lipinski definition) is 1. The number of esters is 1. The van der Waals surface area contributed by atoms with Crippen LogP contribution >= 0.6 is 0 Å². The molecule has 2 atom stereocenters. The van der Waals surface area contributed by atoms with Gasteiger partial charge in [-0.3, -0.25) is 4.79 Å². The molecule has 1 aromatic rings. The van der Waals surface area contributed by atoms with Crippen LogP contribution in [-0.2, 0) is 16.0 Å². The van der Waals surface area contributed by atoms with Crippen LogP contribution in [-0.4, -0.2) is 12.5 Å². The highest BCUT2D eigenvalue weighted by Gasteiger charge is 2.24. The van der Waals surface area contributed by atoms with E-state index in [0.29, 0.717) is 18.9 Å². The van der Waals surface area contributed by atoms with Crippen molar-refractivity contribution in [3.05, 3.63) is 35.4 Å². The molecule has 0 heterocycles. The predicted molar refractivity (Wildman–Crippen MR) is 84.8 cm³/mol. The molecule has 0 spiro atoms. The monoisotopic (exact) mass is 289 g/mol. The Morgan fingerprint density at radius 1 is 1.38 bits per heavy atom. The first-order chi connectivity index (χ1) is 10.1. The third-order valence-electron chi connectivity index (χ3n) is 4.18. The minimum absolute atomic E-state index is 0.0695. The van der Waals surface area contributed by atoms with E-state index in [1.807, 2.05) is 6.07 Å². The summed E-state index contributed by atoms with van der Waals surface area (Å²) in [6.07, 6.45) is 4.45. The van der Waals surface area contributed by atoms with E-state index in [9.17, 15) is 4.79 Å². The van der Waals surface area contributed by atoms with Crippen LogP contribution in [0.1, 0.15) is 56.8 Å². The second-order valence-corrected chi connectivity index (χ2v) is 6.50. The van der Waals surface area contributed by atoms with Gasteiger partial charge in [-0.2, -0.15) is 0 Å². The number of hydrogen-bond acceptors (Lipinski definition) is 3. The van der Waals surface area contributed by atoms with Crippen molar-refractivity contribution in [3.8, 4) is 0 Å². The SMILES string of the molecule is CC(C)C[C@H](CN)CC(=O)OC1CCCc2ccccc21. The molecular weight excluding hydrogens is 262 g/mol. The van der Waals surface area contributed by atoms with E-state index in [1.54, 1.807) is 0 Å². The van der Waals surface area contributed by atoms with E-state index in [2.05, 4.69) is 32.0 Å². The molecule has 1 aliphatic rings. The topological polar surface area (TPSA) is 52.3 Å². The number of ether oxygens (including phenoxy) is 1. The van der Waals surface area contributed by atoms with Gasteiger partial charge in [0.2, 0.25) is 0 Å². The summed E-state index contributed by atoms with van der Waals surface area (Å²) in [4.78, 5) is 12.2. The Morgan fingerprint density at radius 2 is 2.14 bits per heavy atom. The van der Waals surface area contributed by atoms with Crippen molar-refractivity contribution in [1.82, 2.24) is 0 Å². The maximum absolute atomic E-state index is 12.2. The van der Waals surface area contributed by atoms with Crippen LogP contribution in [0.2, 0.25) is 0 Å². The second-order valence-electron chi connectivity index (χ2n) is 6.50. The van der Waals surface area contributed by atoms with Gasteiger partial charge in [-0.1, -0.05) is 38.1 Å². The fourth-order valence-corrected chi connectivity index (χ4v) is 3.20. The zero-order valence-corrected chi connectivity index (χ0v) is 13.2. The first-order valence-corrected chi connectivity index (χ1v) is 8.07. The fourth-order valence-electron chi connectivity index (χ4n) is 3.20. The Kier molecular flexibility index (Phi) is 5.80. The third kappa shape index (κ3) is 4.57. The molecule has 0 bridgehead atoms. The molecule has 2 N–H and O–H groups in total. The summed E-state index contributed by atoms with van der Waals surface area (Å²) in [6.45, 7) is 4.87. The van der Waals surface area contributed by atoms with Gasteiger partial charge in [-0.05, 0) is 55.2 Å². The summed E-state index contributed by atoms with van der Waals surface area (Å²) in [7, 11) is 0. The Morgan fingerprint density at radius 3 is 2.86 bits per heavy atom. The normalized spacial score (nSPS) is 19.1. The number of aryl methyl sites for hydroxylation is 1. The lowest BCUT2D eigenvalue weighted by atomic mass is 9.89. The molecule has 21 heavy (non-hydrogen) atoms. The molecular formula is C18H27NO2. The molecule has 0 radical (unpaired) electrons. The van der Waals surface area contributed by atoms with Crippen molar-refractivity contribution < 1.29 is 9.53 Å². The molecule has 0 saturated carbocycles. The van der Waals surface area contributed by atoms with Crippen molar-refractivity contribution in [3.63, 3.8) is 0 Å². The highest BCUT2D eigenvalue weighted by molar-refractivity contribution is 5.70. The molecule has 1 aliphatic carbocycles. The van der Waals surface area contributed by atoms with Crippen molar-refractivity contribution >= 4 is 5.97 Å². The summed E-state index contributed by atoms with van der Waals surface area (Å²) in [6, 6.07) is 8.29. The van der Waals surface area contributed by atoms with Crippen LogP contribution in [0.5, 0.6) is 0 Å². The lowest BCUT2D eigenvalue weighted by molar-refractivity contribution is -0.151. The average molecular weight is 289 g/mol. The maximum Gasteiger partial charge on any atom is 0.306 e. The number of benzene rings is 1. The number of fused-ring (bicyclic) bond motifs is 1. The van der Waals surface area contributed by atoms with Crippen molar-refractivity contribution in [2.24, 2.45) is 17.6 Å². The quantitative estimate of drug-likeness (QED) is 0.814. The molecule has 2 rings (SSSR count). The van der Waals surface area contributed by atoms with Crippen LogP contribution in [0.25, 0.3) is 0 Å². The zero-order chi connectivity index (χ0) is 15.2. The van der Waals surface area contributed by atoms with Gasteiger partial charge in [0, 0.05) is 6.42 Å². The lowest BCUT2D eigenvalue weighted by Crippen LogP contribution is -2.23. The van der Waals surface area contributed by atoms with Crippen LogP contribution in [0, 0.1) is 11.8 Å². The van der Waals surface area contributed by atoms with E-state index < -0.39 is 0 Å². The highest BCUT2D eigenvalue weighted by Crippen LogP contribution is 2.33. The van der Waals surface area contributed by atoms with Gasteiger partial charge >= 0.3 is 5.97 Å². The Balaban J connectivity index is 1.94. The van der Waals surface area contributed by atoms with E-state index in [-0.39, 0.29) is 18.0 Å². The summed E-state index contributed by atoms with van der Waals surface area (Å²) in [5, 5.41) is 0. The highest BCUT2D eigenvalue weighted by atomic mass is 16.5. The number of carbonyl (C=O) groups excluding carboxylic acids is 1. The van der Waals surface area contributed by atoms with Gasteiger partial charge < -0.3 is 10.5 Å². The molecule has 0 fully saturated rings. The summed E-state index contributed by atoms with van der Waals surface area (Å²) in [5.74, 6) is 0.686. The first-order valence-electron chi connectivity index (χ1n) is 8.07. The van der Waals surface area contributed by atoms with Crippen LogP contribution in [0.3, 0.4) is 0 Å². The van der Waals surface area contributed by atoms with E-state index in [1.165, 1.54) is 11.1 Å². The van der Waals surface area contributed by atoms with Gasteiger partial charge in [0.25, 0.3) is 0 Å². The maximum atomic E-state index is 12.2. The Bertz CT molecular complexity index is 470. The minimum Gasteiger partial charge on any atom is -0.457 e. The predicted octanol–water partition coefficient (Wildman–Crippen LogP) is 3.62. The minimum atomic E-state index is -0.104. The van der Waals surface area contributed by atoms with Crippen LogP contribution in [0.15, 0.2) is 24.3 Å². The van der Waals surface area contributed by atoms with Gasteiger partial charge in [-0.15, -0.1) is 0 Å². The van der Waals surface area contributed by atoms with Crippen LogP contribution < -0.4 is 5.73 Å². The smallest absolute Gasteiger partial charge is 0.306 e. The molecule has 3 nitrogen and oxygen atoms in total. The van der Waals surface area contributed by atoms with Crippen molar-refractivity contribution in [2.75, 3.05) is 6.54 Å². The average Bonchev–Trinajstić information content (AvgIpc) is 2.46. The molecule has 0 amide bonds. The Hall–Kier alpha value is -1.35. The first kappa shape index (κ1) is 16.0. The van der Waals surface area contributed by atoms with Gasteiger partial charge in [-0.25, -0.2) is 0 Å². The van der Waals surface area contributed by atoms with E-state index in [4.69, 9.17) is 10.5 Å². The molecule has 1 aromatic carbocycles. The lowest BCUT2D eigenvalue weighted by Gasteiger charge is -2.26. The molecule has 0 saturated heterocycles. The number of nitrogens with two attached hydrogens (primary N) is 1. The summed E-state index contributed by atoms with van der Waals surface area (Å²) in [5.41, 5.74) is 8.28. The number of rotatable bonds is 6. The summed E-state index contributed by atoms with van der Waals surface area (Å²) >= 11 is 0. The fraction of sp³-hybridized carbons (Fsp3) is 0.611. The molecule has 0 aromatic heterocycles. The third-order valence-corrected chi connectivity index (χ3v) is 4.18. The zero-order valence-electron chi connectivity index (χ0n) is 13.2. The second kappa shape index (κ2) is 7.60. The largest absolute Gasteiger partial charge is 0.457 e. The molecule has 1 unspecified atom stereocenters. The number of carbonyl (C=O) groups is 1. The van der Waals surface area contributed by atoms with Gasteiger partial charge in [0.05, 0.1) is 0 Å². The molecule has 3 heteroatoms.